The largest absolute Gasteiger partial charge is 0.446 e. The number of hydrogen-bond acceptors (Lipinski definition) is 4. The van der Waals surface area contributed by atoms with Crippen LogP contribution in [0, 0.1) is 0 Å². The minimum Gasteiger partial charge on any atom is -0.305 e. The second-order valence-electron chi connectivity index (χ2n) is 8.03. The summed E-state index contributed by atoms with van der Waals surface area (Å²) in [5, 5.41) is 0. The van der Waals surface area contributed by atoms with E-state index in [0.717, 1.165) is 21.7 Å². The van der Waals surface area contributed by atoms with Crippen molar-refractivity contribution in [2.45, 2.75) is 36.3 Å². The van der Waals surface area contributed by atoms with Gasteiger partial charge >= 0.3 is 11.5 Å². The van der Waals surface area contributed by atoms with Crippen LogP contribution in [0.4, 0.5) is 23.7 Å². The number of alkyl halides is 3. The summed E-state index contributed by atoms with van der Waals surface area (Å²) in [6.45, 7) is 3.49. The number of rotatable bonds is 5. The molecule has 3 amide bonds. The van der Waals surface area contributed by atoms with Crippen molar-refractivity contribution in [2.24, 2.45) is 0 Å². The number of nitrogens with zero attached hydrogens (tertiary/aromatic N) is 3. The molecule has 0 radical (unpaired) electrons. The lowest BCUT2D eigenvalue weighted by Crippen LogP contribution is -2.43. The molecule has 1 aliphatic heterocycles. The predicted molar refractivity (Wildman–Crippen MR) is 121 cm³/mol. The zero-order valence-corrected chi connectivity index (χ0v) is 18.7. The Bertz CT molecular complexity index is 1180. The van der Waals surface area contributed by atoms with Crippen LogP contribution in [-0.4, -0.2) is 32.9 Å². The smallest absolute Gasteiger partial charge is 0.305 e. The van der Waals surface area contributed by atoms with Gasteiger partial charge in [0.25, 0.3) is 5.91 Å². The van der Waals surface area contributed by atoms with E-state index >= 15 is 0 Å². The molecule has 9 heteroatoms. The highest BCUT2D eigenvalue weighted by Gasteiger charge is 2.51. The molecule has 0 saturated carbocycles. The highest BCUT2D eigenvalue weighted by atomic mass is 32.2. The van der Waals surface area contributed by atoms with Crippen molar-refractivity contribution in [3.8, 4) is 11.3 Å². The number of halogens is 3. The summed E-state index contributed by atoms with van der Waals surface area (Å²) < 4.78 is 37.8. The standard InChI is InChI=1S/C24H20F3N3O2S/c1-23(2)21(31)30(18-8-10-19(11-9-18)33-24(25,26)27)22(32)29(23)15-16-12-13-28-20(14-16)17-6-4-3-5-7-17/h3-14H,15H2,1-2H3. The molecule has 1 saturated heterocycles. The van der Waals surface area contributed by atoms with Crippen LogP contribution in [0.25, 0.3) is 11.3 Å². The van der Waals surface area contributed by atoms with Crippen LogP contribution in [0.5, 0.6) is 0 Å². The number of hydrogen-bond donors (Lipinski definition) is 0. The summed E-state index contributed by atoms with van der Waals surface area (Å²) in [6.07, 6.45) is 1.65. The van der Waals surface area contributed by atoms with Crippen LogP contribution >= 0.6 is 11.8 Å². The number of anilines is 1. The van der Waals surface area contributed by atoms with E-state index < -0.39 is 23.0 Å². The third-order valence-corrected chi connectivity index (χ3v) is 6.13. The topological polar surface area (TPSA) is 53.5 Å². The third-order valence-electron chi connectivity index (χ3n) is 5.39. The van der Waals surface area contributed by atoms with Gasteiger partial charge in [-0.1, -0.05) is 30.3 Å². The zero-order chi connectivity index (χ0) is 23.8. The van der Waals surface area contributed by atoms with Crippen molar-refractivity contribution < 1.29 is 22.8 Å². The van der Waals surface area contributed by atoms with E-state index in [1.807, 2.05) is 36.4 Å². The van der Waals surface area contributed by atoms with Gasteiger partial charge in [0.2, 0.25) is 0 Å². The molecule has 170 valence electrons. The lowest BCUT2D eigenvalue weighted by atomic mass is 10.0. The van der Waals surface area contributed by atoms with Crippen LogP contribution < -0.4 is 4.90 Å². The summed E-state index contributed by atoms with van der Waals surface area (Å²) >= 11 is -0.250. The van der Waals surface area contributed by atoms with Crippen molar-refractivity contribution in [1.29, 1.82) is 0 Å². The van der Waals surface area contributed by atoms with Gasteiger partial charge in [-0.15, -0.1) is 0 Å². The van der Waals surface area contributed by atoms with E-state index in [9.17, 15) is 22.8 Å². The van der Waals surface area contributed by atoms with Gasteiger partial charge in [-0.2, -0.15) is 13.2 Å². The van der Waals surface area contributed by atoms with E-state index in [4.69, 9.17) is 0 Å². The molecule has 0 unspecified atom stereocenters. The molecular weight excluding hydrogens is 451 g/mol. The van der Waals surface area contributed by atoms with Crippen LogP contribution in [0.1, 0.15) is 19.4 Å². The summed E-state index contributed by atoms with van der Waals surface area (Å²) in [5.74, 6) is -0.443. The minimum atomic E-state index is -4.41. The normalized spacial score (nSPS) is 15.9. The fourth-order valence-electron chi connectivity index (χ4n) is 3.65. The highest BCUT2D eigenvalue weighted by Crippen LogP contribution is 2.39. The maximum Gasteiger partial charge on any atom is 0.446 e. The van der Waals surface area contributed by atoms with E-state index in [2.05, 4.69) is 4.98 Å². The Morgan fingerprint density at radius 2 is 1.64 bits per heavy atom. The maximum absolute atomic E-state index is 13.2. The Morgan fingerprint density at radius 1 is 0.970 bits per heavy atom. The quantitative estimate of drug-likeness (QED) is 0.333. The van der Waals surface area contributed by atoms with Crippen molar-refractivity contribution in [3.63, 3.8) is 0 Å². The number of thioether (sulfide) groups is 1. The number of aromatic nitrogens is 1. The molecule has 0 aliphatic carbocycles. The Balaban J connectivity index is 1.58. The number of amides is 3. The first-order valence-electron chi connectivity index (χ1n) is 10.1. The van der Waals surface area contributed by atoms with Crippen molar-refractivity contribution in [2.75, 3.05) is 4.90 Å². The molecule has 33 heavy (non-hydrogen) atoms. The van der Waals surface area contributed by atoms with E-state index in [1.54, 1.807) is 26.1 Å². The molecule has 1 aliphatic rings. The van der Waals surface area contributed by atoms with Gasteiger partial charge in [0.05, 0.1) is 11.4 Å². The summed E-state index contributed by atoms with van der Waals surface area (Å²) in [6, 6.07) is 17.9. The molecule has 5 nitrogen and oxygen atoms in total. The molecule has 1 fully saturated rings. The van der Waals surface area contributed by atoms with Gasteiger partial charge in [-0.25, -0.2) is 9.69 Å². The number of benzene rings is 2. The third kappa shape index (κ3) is 4.73. The van der Waals surface area contributed by atoms with Gasteiger partial charge in [-0.3, -0.25) is 9.78 Å². The second kappa shape index (κ2) is 8.55. The molecule has 0 spiro atoms. The highest BCUT2D eigenvalue weighted by molar-refractivity contribution is 8.00. The van der Waals surface area contributed by atoms with Crippen molar-refractivity contribution in [1.82, 2.24) is 9.88 Å². The monoisotopic (exact) mass is 471 g/mol. The summed E-state index contributed by atoms with van der Waals surface area (Å²) in [7, 11) is 0. The molecule has 4 rings (SSSR count). The molecule has 0 atom stereocenters. The van der Waals surface area contributed by atoms with E-state index in [0.29, 0.717) is 0 Å². The second-order valence-corrected chi connectivity index (χ2v) is 9.16. The number of carbonyl (C=O) groups excluding carboxylic acids is 2. The van der Waals surface area contributed by atoms with E-state index in [-0.39, 0.29) is 28.9 Å². The first kappa shape index (κ1) is 22.8. The Hall–Kier alpha value is -3.33. The van der Waals surface area contributed by atoms with Gasteiger partial charge in [0, 0.05) is 23.2 Å². The number of imide groups is 1. The van der Waals surface area contributed by atoms with Crippen molar-refractivity contribution in [3.05, 3.63) is 78.5 Å². The van der Waals surface area contributed by atoms with Crippen molar-refractivity contribution >= 4 is 29.4 Å². The Morgan fingerprint density at radius 3 is 2.27 bits per heavy atom. The molecular formula is C24H20F3N3O2S. The lowest BCUT2D eigenvalue weighted by Gasteiger charge is -2.27. The Labute approximate surface area is 193 Å². The molecule has 1 aromatic heterocycles. The van der Waals surface area contributed by atoms with Gasteiger partial charge in [-0.05, 0) is 67.6 Å². The van der Waals surface area contributed by atoms with E-state index in [1.165, 1.54) is 29.2 Å². The average molecular weight is 472 g/mol. The summed E-state index contributed by atoms with van der Waals surface area (Å²) in [4.78, 5) is 33.2. The molecule has 2 heterocycles. The molecule has 0 N–H and O–H groups in total. The average Bonchev–Trinajstić information content (AvgIpc) is 2.94. The van der Waals surface area contributed by atoms with Gasteiger partial charge in [0.15, 0.2) is 0 Å². The fraction of sp³-hybridized carbons (Fsp3) is 0.208. The fourth-order valence-corrected chi connectivity index (χ4v) is 4.19. The SMILES string of the molecule is CC1(C)C(=O)N(c2ccc(SC(F)(F)F)cc2)C(=O)N1Cc1ccnc(-c2ccccc2)c1. The Kier molecular flexibility index (Phi) is 5.92. The predicted octanol–water partition coefficient (Wildman–Crippen LogP) is 6.11. The van der Waals surface area contributed by atoms with Gasteiger partial charge in [0.1, 0.15) is 5.54 Å². The number of carbonyl (C=O) groups is 2. The van der Waals surface area contributed by atoms with Crippen LogP contribution in [0.3, 0.4) is 0 Å². The lowest BCUT2D eigenvalue weighted by molar-refractivity contribution is -0.123. The first-order valence-corrected chi connectivity index (χ1v) is 10.9. The van der Waals surface area contributed by atoms with Gasteiger partial charge < -0.3 is 4.90 Å². The van der Waals surface area contributed by atoms with Crippen LogP contribution in [-0.2, 0) is 11.3 Å². The number of pyridine rings is 1. The minimum absolute atomic E-state index is 0.0216. The zero-order valence-electron chi connectivity index (χ0n) is 17.8. The maximum atomic E-state index is 13.2. The molecule has 3 aromatic rings. The van der Waals surface area contributed by atoms with Crippen LogP contribution in [0.15, 0.2) is 77.8 Å². The summed E-state index contributed by atoms with van der Waals surface area (Å²) in [5.41, 5.74) is -2.84. The molecule has 2 aromatic carbocycles. The van der Waals surface area contributed by atoms with Crippen LogP contribution in [0.2, 0.25) is 0 Å². The molecule has 0 bridgehead atoms. The first-order chi connectivity index (χ1) is 15.6. The number of urea groups is 1.